The Hall–Kier alpha value is -2.83. The fraction of sp³-hybridized carbons (Fsp3) is 0.273. The molecule has 4 rings (SSSR count). The molecular formula is C22H22ClN3O3. The molecule has 1 atom stereocenters. The lowest BCUT2D eigenvalue weighted by Crippen LogP contribution is -2.39. The molecule has 1 fully saturated rings. The Bertz CT molecular complexity index is 1060. The van der Waals surface area contributed by atoms with Crippen molar-refractivity contribution >= 4 is 28.6 Å². The van der Waals surface area contributed by atoms with Gasteiger partial charge in [0, 0.05) is 35.3 Å². The topological polar surface area (TPSA) is 74.4 Å². The number of aromatic amines is 1. The number of aromatic nitrogens is 1. The first-order valence-corrected chi connectivity index (χ1v) is 10.1. The van der Waals surface area contributed by atoms with Gasteiger partial charge in [-0.25, -0.2) is 4.79 Å². The van der Waals surface area contributed by atoms with Crippen LogP contribution in [0.4, 0.5) is 4.79 Å². The van der Waals surface area contributed by atoms with Crippen LogP contribution in [-0.2, 0) is 4.84 Å². The molecule has 0 radical (unpaired) electrons. The summed E-state index contributed by atoms with van der Waals surface area (Å²) < 4.78 is 0. The minimum atomic E-state index is -0.641. The number of carbonyl (C=O) groups excluding carboxylic acids is 1. The number of fused-ring (bicyclic) bond motifs is 1. The highest BCUT2D eigenvalue weighted by atomic mass is 35.5. The molecule has 0 spiro atoms. The zero-order chi connectivity index (χ0) is 20.2. The maximum Gasteiger partial charge on any atom is 0.427 e. The minimum absolute atomic E-state index is 0.164. The van der Waals surface area contributed by atoms with Crippen LogP contribution < -0.4 is 10.7 Å². The Kier molecular flexibility index (Phi) is 5.83. The third-order valence-electron chi connectivity index (χ3n) is 5.10. The zero-order valence-corrected chi connectivity index (χ0v) is 16.6. The van der Waals surface area contributed by atoms with Crippen molar-refractivity contribution in [3.05, 3.63) is 81.1 Å². The molecule has 3 aromatic rings. The van der Waals surface area contributed by atoms with Crippen molar-refractivity contribution in [2.24, 2.45) is 0 Å². The summed E-state index contributed by atoms with van der Waals surface area (Å²) >= 11 is 6.03. The number of nitrogens with one attached hydrogen (secondary N) is 2. The van der Waals surface area contributed by atoms with Crippen LogP contribution >= 0.6 is 11.6 Å². The highest BCUT2D eigenvalue weighted by molar-refractivity contribution is 6.31. The zero-order valence-electron chi connectivity index (χ0n) is 15.9. The number of pyridine rings is 1. The van der Waals surface area contributed by atoms with E-state index in [1.807, 2.05) is 30.3 Å². The highest BCUT2D eigenvalue weighted by Gasteiger charge is 2.23. The summed E-state index contributed by atoms with van der Waals surface area (Å²) in [6, 6.07) is 13.8. The second kappa shape index (κ2) is 8.68. The van der Waals surface area contributed by atoms with Crippen molar-refractivity contribution < 1.29 is 9.63 Å². The number of carbonyl (C=O) groups is 1. The molecule has 2 heterocycles. The number of H-pyrrole nitrogens is 1. The predicted octanol–water partition coefficient (Wildman–Crippen LogP) is 4.40. The van der Waals surface area contributed by atoms with Crippen molar-refractivity contribution in [1.29, 1.82) is 0 Å². The number of halogens is 1. The third kappa shape index (κ3) is 4.44. The Labute approximate surface area is 173 Å². The van der Waals surface area contributed by atoms with Crippen molar-refractivity contribution in [3.8, 4) is 0 Å². The van der Waals surface area contributed by atoms with Crippen LogP contribution in [-0.4, -0.2) is 29.2 Å². The molecule has 1 unspecified atom stereocenters. The van der Waals surface area contributed by atoms with Gasteiger partial charge in [-0.05, 0) is 36.6 Å². The first-order chi connectivity index (χ1) is 14.1. The van der Waals surface area contributed by atoms with E-state index in [9.17, 15) is 9.59 Å². The standard InChI is InChI=1S/C22H22ClN3O3/c23-16-9-10-17-19(13-16)24-14-18(21(17)27)20(15-7-3-1-4-8-15)25-22(28)29-26-11-5-2-6-12-26/h1,3-4,7-10,13-14,20H,2,5-6,11-12H2,(H,24,27)(H,25,28). The number of amides is 1. The molecule has 0 bridgehead atoms. The van der Waals surface area contributed by atoms with Gasteiger partial charge in [0.1, 0.15) is 0 Å². The van der Waals surface area contributed by atoms with E-state index >= 15 is 0 Å². The van der Waals surface area contributed by atoms with Gasteiger partial charge >= 0.3 is 6.09 Å². The van der Waals surface area contributed by atoms with Crippen LogP contribution in [0.1, 0.15) is 36.4 Å². The summed E-state index contributed by atoms with van der Waals surface area (Å²) in [5.74, 6) is 0. The van der Waals surface area contributed by atoms with Crippen LogP contribution in [0, 0.1) is 0 Å². The van der Waals surface area contributed by atoms with Gasteiger partial charge in [-0.3, -0.25) is 4.79 Å². The average molecular weight is 412 g/mol. The molecule has 6 nitrogen and oxygen atoms in total. The van der Waals surface area contributed by atoms with E-state index in [-0.39, 0.29) is 5.43 Å². The average Bonchev–Trinajstić information content (AvgIpc) is 2.74. The van der Waals surface area contributed by atoms with Crippen molar-refractivity contribution in [2.75, 3.05) is 13.1 Å². The Morgan fingerprint density at radius 3 is 2.62 bits per heavy atom. The number of piperidine rings is 1. The fourth-order valence-corrected chi connectivity index (χ4v) is 3.80. The Morgan fingerprint density at radius 1 is 1.10 bits per heavy atom. The third-order valence-corrected chi connectivity index (χ3v) is 5.34. The van der Waals surface area contributed by atoms with Gasteiger partial charge in [0.15, 0.2) is 5.43 Å². The maximum atomic E-state index is 13.2. The number of benzene rings is 2. The molecule has 150 valence electrons. The van der Waals surface area contributed by atoms with Gasteiger partial charge in [0.05, 0.1) is 11.6 Å². The van der Waals surface area contributed by atoms with Crippen molar-refractivity contribution in [1.82, 2.24) is 15.4 Å². The molecule has 1 aliphatic heterocycles. The molecule has 0 saturated carbocycles. The quantitative estimate of drug-likeness (QED) is 0.667. The van der Waals surface area contributed by atoms with Gasteiger partial charge in [-0.15, -0.1) is 5.06 Å². The summed E-state index contributed by atoms with van der Waals surface area (Å²) in [6.45, 7) is 1.45. The van der Waals surface area contributed by atoms with Crippen LogP contribution in [0.25, 0.3) is 10.9 Å². The summed E-state index contributed by atoms with van der Waals surface area (Å²) in [4.78, 5) is 34.3. The first-order valence-electron chi connectivity index (χ1n) is 9.71. The van der Waals surface area contributed by atoms with E-state index in [4.69, 9.17) is 16.4 Å². The fourth-order valence-electron chi connectivity index (χ4n) is 3.63. The van der Waals surface area contributed by atoms with Crippen LogP contribution in [0.3, 0.4) is 0 Å². The van der Waals surface area contributed by atoms with Gasteiger partial charge in [-0.2, -0.15) is 0 Å². The normalized spacial score (nSPS) is 15.8. The molecule has 0 aliphatic carbocycles. The maximum absolute atomic E-state index is 13.2. The Balaban J connectivity index is 1.67. The van der Waals surface area contributed by atoms with Crippen LogP contribution in [0.2, 0.25) is 5.02 Å². The van der Waals surface area contributed by atoms with Crippen molar-refractivity contribution in [2.45, 2.75) is 25.3 Å². The molecule has 7 heteroatoms. The summed E-state index contributed by atoms with van der Waals surface area (Å²) in [7, 11) is 0. The monoisotopic (exact) mass is 411 g/mol. The number of hydrogen-bond acceptors (Lipinski definition) is 4. The number of nitrogens with zero attached hydrogens (tertiary/aromatic N) is 1. The van der Waals surface area contributed by atoms with E-state index < -0.39 is 12.1 Å². The second-order valence-electron chi connectivity index (χ2n) is 7.12. The number of hydroxylamine groups is 2. The van der Waals surface area contributed by atoms with E-state index in [1.165, 1.54) is 0 Å². The highest BCUT2D eigenvalue weighted by Crippen LogP contribution is 2.22. The second-order valence-corrected chi connectivity index (χ2v) is 7.56. The molecule has 1 saturated heterocycles. The smallest absolute Gasteiger partial charge is 0.361 e. The van der Waals surface area contributed by atoms with E-state index in [0.29, 0.717) is 21.5 Å². The number of rotatable bonds is 4. The molecule has 1 aliphatic rings. The largest absolute Gasteiger partial charge is 0.427 e. The van der Waals surface area contributed by atoms with Gasteiger partial charge < -0.3 is 15.1 Å². The molecular weight excluding hydrogens is 390 g/mol. The minimum Gasteiger partial charge on any atom is -0.361 e. The van der Waals surface area contributed by atoms with Crippen LogP contribution in [0.15, 0.2) is 59.5 Å². The lowest BCUT2D eigenvalue weighted by Gasteiger charge is -2.26. The van der Waals surface area contributed by atoms with Gasteiger partial charge in [0.2, 0.25) is 0 Å². The molecule has 1 amide bonds. The lowest BCUT2D eigenvalue weighted by atomic mass is 9.98. The van der Waals surface area contributed by atoms with Gasteiger partial charge in [-0.1, -0.05) is 48.4 Å². The van der Waals surface area contributed by atoms with Crippen molar-refractivity contribution in [3.63, 3.8) is 0 Å². The molecule has 2 N–H and O–H groups in total. The van der Waals surface area contributed by atoms with Gasteiger partial charge in [0.25, 0.3) is 0 Å². The first kappa shape index (κ1) is 19.5. The van der Waals surface area contributed by atoms with E-state index in [1.54, 1.807) is 29.5 Å². The molecule has 2 aromatic carbocycles. The Morgan fingerprint density at radius 2 is 1.86 bits per heavy atom. The predicted molar refractivity (Wildman–Crippen MR) is 113 cm³/mol. The molecule has 1 aromatic heterocycles. The number of hydrogen-bond donors (Lipinski definition) is 2. The molecule has 29 heavy (non-hydrogen) atoms. The van der Waals surface area contributed by atoms with Crippen LogP contribution in [0.5, 0.6) is 0 Å². The van der Waals surface area contributed by atoms with E-state index in [2.05, 4.69) is 10.3 Å². The van der Waals surface area contributed by atoms with E-state index in [0.717, 1.165) is 37.9 Å². The summed E-state index contributed by atoms with van der Waals surface area (Å²) in [6.07, 6.45) is 4.20. The lowest BCUT2D eigenvalue weighted by molar-refractivity contribution is -0.111. The SMILES string of the molecule is O=C(NC(c1ccccc1)c1c[nH]c2cc(Cl)ccc2c1=O)ON1CCCCC1. The summed E-state index contributed by atoms with van der Waals surface area (Å²) in [5, 5.41) is 5.60. The summed E-state index contributed by atoms with van der Waals surface area (Å²) in [5.41, 5.74) is 1.71.